The average molecular weight is 370 g/mol. The number of furan rings is 1. The zero-order chi connectivity index (χ0) is 18.1. The first-order chi connectivity index (χ1) is 12.6. The Balaban J connectivity index is 1.51. The highest BCUT2D eigenvalue weighted by Crippen LogP contribution is 2.23. The van der Waals surface area contributed by atoms with E-state index in [0.29, 0.717) is 18.7 Å². The molecule has 1 aromatic heterocycles. The number of benzene rings is 2. The number of fused-ring (bicyclic) bond motifs is 1. The molecule has 6 nitrogen and oxygen atoms in total. The van der Waals surface area contributed by atoms with Crippen molar-refractivity contribution in [1.29, 1.82) is 0 Å². The number of nitrogens with zero attached hydrogens (tertiary/aromatic N) is 2. The van der Waals surface area contributed by atoms with E-state index in [9.17, 15) is 13.2 Å². The summed E-state index contributed by atoms with van der Waals surface area (Å²) in [4.78, 5) is 14.3. The van der Waals surface area contributed by atoms with E-state index in [1.54, 1.807) is 23.1 Å². The SMILES string of the molecule is O=C(c1ccoc1)N1CCN(S(=O)(=O)c2ccc3ccccc3c2)CC1. The lowest BCUT2D eigenvalue weighted by Gasteiger charge is -2.33. The molecule has 26 heavy (non-hydrogen) atoms. The summed E-state index contributed by atoms with van der Waals surface area (Å²) < 4.78 is 32.3. The molecule has 0 aliphatic carbocycles. The monoisotopic (exact) mass is 370 g/mol. The number of piperazine rings is 1. The van der Waals surface area contributed by atoms with Crippen LogP contribution >= 0.6 is 0 Å². The molecule has 1 saturated heterocycles. The summed E-state index contributed by atoms with van der Waals surface area (Å²) in [5.41, 5.74) is 0.482. The quantitative estimate of drug-likeness (QED) is 0.710. The van der Waals surface area contributed by atoms with Crippen molar-refractivity contribution in [2.24, 2.45) is 0 Å². The Morgan fingerprint density at radius 2 is 1.65 bits per heavy atom. The molecule has 0 spiro atoms. The van der Waals surface area contributed by atoms with E-state index in [-0.39, 0.29) is 23.9 Å². The van der Waals surface area contributed by atoms with Gasteiger partial charge in [-0.25, -0.2) is 8.42 Å². The standard InChI is InChI=1S/C19H18N2O4S/c22-19(17-7-12-25-14-17)20-8-10-21(11-9-20)26(23,24)18-6-5-15-3-1-2-4-16(15)13-18/h1-7,12-14H,8-11H2. The summed E-state index contributed by atoms with van der Waals surface area (Å²) in [6.07, 6.45) is 2.86. The summed E-state index contributed by atoms with van der Waals surface area (Å²) in [5.74, 6) is -0.137. The van der Waals surface area contributed by atoms with Crippen LogP contribution in [0.5, 0.6) is 0 Å². The first-order valence-corrected chi connectivity index (χ1v) is 9.80. The van der Waals surface area contributed by atoms with Crippen molar-refractivity contribution in [2.75, 3.05) is 26.2 Å². The first kappa shape index (κ1) is 16.8. The molecule has 0 saturated carbocycles. The maximum Gasteiger partial charge on any atom is 0.257 e. The number of hydrogen-bond acceptors (Lipinski definition) is 4. The maximum absolute atomic E-state index is 12.9. The average Bonchev–Trinajstić information content (AvgIpc) is 3.22. The highest BCUT2D eigenvalue weighted by atomic mass is 32.2. The Labute approximate surface area is 151 Å². The zero-order valence-electron chi connectivity index (χ0n) is 14.0. The van der Waals surface area contributed by atoms with E-state index in [2.05, 4.69) is 0 Å². The summed E-state index contributed by atoms with van der Waals surface area (Å²) in [6.45, 7) is 1.27. The van der Waals surface area contributed by atoms with Gasteiger partial charge < -0.3 is 9.32 Å². The highest BCUT2D eigenvalue weighted by molar-refractivity contribution is 7.89. The van der Waals surface area contributed by atoms with Gasteiger partial charge >= 0.3 is 0 Å². The van der Waals surface area contributed by atoms with E-state index in [1.807, 2.05) is 30.3 Å². The molecule has 0 N–H and O–H groups in total. The second-order valence-electron chi connectivity index (χ2n) is 6.22. The van der Waals surface area contributed by atoms with Gasteiger partial charge in [0.05, 0.1) is 16.7 Å². The minimum absolute atomic E-state index is 0.137. The topological polar surface area (TPSA) is 70.8 Å². The Hall–Kier alpha value is -2.64. The second-order valence-corrected chi connectivity index (χ2v) is 8.16. The molecule has 0 bridgehead atoms. The third kappa shape index (κ3) is 3.00. The van der Waals surface area contributed by atoms with Crippen molar-refractivity contribution < 1.29 is 17.6 Å². The number of hydrogen-bond donors (Lipinski definition) is 0. The molecular formula is C19H18N2O4S. The van der Waals surface area contributed by atoms with Crippen molar-refractivity contribution in [2.45, 2.75) is 4.90 Å². The molecule has 0 atom stereocenters. The lowest BCUT2D eigenvalue weighted by Crippen LogP contribution is -2.50. The summed E-state index contributed by atoms with van der Waals surface area (Å²) in [7, 11) is -3.58. The first-order valence-electron chi connectivity index (χ1n) is 8.36. The van der Waals surface area contributed by atoms with Gasteiger partial charge in [0.2, 0.25) is 10.0 Å². The van der Waals surface area contributed by atoms with E-state index < -0.39 is 10.0 Å². The van der Waals surface area contributed by atoms with E-state index >= 15 is 0 Å². The predicted octanol–water partition coefficient (Wildman–Crippen LogP) is 2.58. The molecule has 1 fully saturated rings. The molecule has 2 aromatic carbocycles. The van der Waals surface area contributed by atoms with Gasteiger partial charge in [-0.2, -0.15) is 4.31 Å². The van der Waals surface area contributed by atoms with Crippen molar-refractivity contribution >= 4 is 26.7 Å². The van der Waals surface area contributed by atoms with Crippen LogP contribution in [0.2, 0.25) is 0 Å². The molecule has 1 aliphatic rings. The fourth-order valence-corrected chi connectivity index (χ4v) is 4.64. The Morgan fingerprint density at radius 1 is 0.923 bits per heavy atom. The van der Waals surface area contributed by atoms with Crippen LogP contribution in [0.1, 0.15) is 10.4 Å². The normalized spacial score (nSPS) is 16.1. The van der Waals surface area contributed by atoms with Crippen molar-refractivity contribution in [3.8, 4) is 0 Å². The number of rotatable bonds is 3. The van der Waals surface area contributed by atoms with Gasteiger partial charge in [0.1, 0.15) is 6.26 Å². The van der Waals surface area contributed by atoms with Gasteiger partial charge in [0.25, 0.3) is 5.91 Å². The maximum atomic E-state index is 12.9. The van der Waals surface area contributed by atoms with Crippen molar-refractivity contribution in [3.05, 3.63) is 66.6 Å². The number of sulfonamides is 1. The number of amides is 1. The predicted molar refractivity (Wildman–Crippen MR) is 97.3 cm³/mol. The number of carbonyl (C=O) groups excluding carboxylic acids is 1. The molecular weight excluding hydrogens is 352 g/mol. The van der Waals surface area contributed by atoms with Crippen LogP contribution in [-0.4, -0.2) is 49.7 Å². The summed E-state index contributed by atoms with van der Waals surface area (Å²) >= 11 is 0. The smallest absolute Gasteiger partial charge is 0.257 e. The molecule has 1 aliphatic heterocycles. The van der Waals surface area contributed by atoms with Crippen LogP contribution in [0.4, 0.5) is 0 Å². The third-order valence-corrected chi connectivity index (χ3v) is 6.55. The van der Waals surface area contributed by atoms with Crippen molar-refractivity contribution in [3.63, 3.8) is 0 Å². The van der Waals surface area contributed by atoms with Crippen LogP contribution in [-0.2, 0) is 10.0 Å². The molecule has 7 heteroatoms. The molecule has 2 heterocycles. The molecule has 0 unspecified atom stereocenters. The fraction of sp³-hybridized carbons (Fsp3) is 0.211. The van der Waals surface area contributed by atoms with Gasteiger partial charge in [0.15, 0.2) is 0 Å². The number of carbonyl (C=O) groups is 1. The lowest BCUT2D eigenvalue weighted by atomic mass is 10.1. The zero-order valence-corrected chi connectivity index (χ0v) is 14.9. The van der Waals surface area contributed by atoms with Crippen LogP contribution in [0.3, 0.4) is 0 Å². The molecule has 134 valence electrons. The molecule has 1 amide bonds. The summed E-state index contributed by atoms with van der Waals surface area (Å²) in [6, 6.07) is 14.4. The largest absolute Gasteiger partial charge is 0.472 e. The Morgan fingerprint density at radius 3 is 2.35 bits per heavy atom. The van der Waals surface area contributed by atoms with E-state index in [4.69, 9.17) is 4.42 Å². The highest BCUT2D eigenvalue weighted by Gasteiger charge is 2.30. The second kappa shape index (κ2) is 6.59. The minimum Gasteiger partial charge on any atom is -0.472 e. The minimum atomic E-state index is -3.58. The molecule has 3 aromatic rings. The van der Waals surface area contributed by atoms with Gasteiger partial charge in [-0.3, -0.25) is 4.79 Å². The van der Waals surface area contributed by atoms with E-state index in [1.165, 1.54) is 16.8 Å². The van der Waals surface area contributed by atoms with Gasteiger partial charge in [-0.1, -0.05) is 30.3 Å². The molecule has 4 rings (SSSR count). The third-order valence-electron chi connectivity index (χ3n) is 4.65. The van der Waals surface area contributed by atoms with E-state index in [0.717, 1.165) is 10.8 Å². The summed E-state index contributed by atoms with van der Waals surface area (Å²) in [5, 5.41) is 1.89. The van der Waals surface area contributed by atoms with Gasteiger partial charge in [-0.15, -0.1) is 0 Å². The fourth-order valence-electron chi connectivity index (χ4n) is 3.18. The Bertz CT molecular complexity index is 1040. The van der Waals surface area contributed by atoms with Crippen LogP contribution < -0.4 is 0 Å². The van der Waals surface area contributed by atoms with Crippen molar-refractivity contribution in [1.82, 2.24) is 9.21 Å². The Kier molecular flexibility index (Phi) is 4.26. The van der Waals surface area contributed by atoms with Crippen LogP contribution in [0.15, 0.2) is 70.4 Å². The molecule has 0 radical (unpaired) electrons. The van der Waals surface area contributed by atoms with Crippen LogP contribution in [0.25, 0.3) is 10.8 Å². The van der Waals surface area contributed by atoms with Gasteiger partial charge in [-0.05, 0) is 29.0 Å². The van der Waals surface area contributed by atoms with Gasteiger partial charge in [0, 0.05) is 26.2 Å². The van der Waals surface area contributed by atoms with Crippen LogP contribution in [0, 0.1) is 0 Å². The lowest BCUT2D eigenvalue weighted by molar-refractivity contribution is 0.0697.